The van der Waals surface area contributed by atoms with Gasteiger partial charge in [-0.1, -0.05) is 23.2 Å². The standard InChI is InChI=1S/C20H13Cl2N5O4/c1-9-4-12(5-10-2-3-24-19(29)16(9)10)31-17-13(21)6-11(7-14(17)22)27-20(30)25-18(28)15(8-23)26-27/h4-7H,2-3H2,1H3,(H,24,29)(H,25,28,30). The molecular weight excluding hydrogens is 445 g/mol. The molecule has 11 heteroatoms. The van der Waals surface area contributed by atoms with Crippen LogP contribution in [0, 0.1) is 18.3 Å². The van der Waals surface area contributed by atoms with Crippen molar-refractivity contribution < 1.29 is 9.53 Å². The first-order chi connectivity index (χ1) is 14.8. The first-order valence-corrected chi connectivity index (χ1v) is 9.77. The van der Waals surface area contributed by atoms with Gasteiger partial charge < -0.3 is 10.1 Å². The van der Waals surface area contributed by atoms with Crippen molar-refractivity contribution in [3.05, 3.63) is 77.5 Å². The summed E-state index contributed by atoms with van der Waals surface area (Å²) in [4.78, 5) is 37.7. The van der Waals surface area contributed by atoms with Crippen LogP contribution in [0.1, 0.15) is 27.2 Å². The van der Waals surface area contributed by atoms with E-state index in [-0.39, 0.29) is 27.4 Å². The predicted octanol–water partition coefficient (Wildman–Crippen LogP) is 2.49. The van der Waals surface area contributed by atoms with Crippen LogP contribution in [0.25, 0.3) is 5.69 Å². The lowest BCUT2D eigenvalue weighted by Gasteiger charge is -2.20. The van der Waals surface area contributed by atoms with Crippen molar-refractivity contribution in [2.45, 2.75) is 13.3 Å². The molecule has 0 radical (unpaired) electrons. The molecule has 31 heavy (non-hydrogen) atoms. The molecule has 9 nitrogen and oxygen atoms in total. The van der Waals surface area contributed by atoms with Crippen molar-refractivity contribution in [3.63, 3.8) is 0 Å². The van der Waals surface area contributed by atoms with Crippen molar-refractivity contribution >= 4 is 29.1 Å². The van der Waals surface area contributed by atoms with Crippen molar-refractivity contribution in [2.75, 3.05) is 6.54 Å². The third-order valence-corrected chi connectivity index (χ3v) is 5.24. The quantitative estimate of drug-likeness (QED) is 0.621. The van der Waals surface area contributed by atoms with Gasteiger partial charge in [-0.15, -0.1) is 5.10 Å². The van der Waals surface area contributed by atoms with Gasteiger partial charge in [-0.25, -0.2) is 4.79 Å². The second kappa shape index (κ2) is 7.91. The predicted molar refractivity (Wildman–Crippen MR) is 112 cm³/mol. The minimum atomic E-state index is -0.891. The minimum Gasteiger partial charge on any atom is -0.454 e. The molecule has 1 aromatic heterocycles. The number of H-pyrrole nitrogens is 1. The molecular formula is C20H13Cl2N5O4. The van der Waals surface area contributed by atoms with Crippen LogP contribution in [0.5, 0.6) is 11.5 Å². The largest absolute Gasteiger partial charge is 0.454 e. The number of amides is 1. The maximum atomic E-state index is 12.1. The van der Waals surface area contributed by atoms with E-state index in [4.69, 9.17) is 33.2 Å². The molecule has 0 atom stereocenters. The highest BCUT2D eigenvalue weighted by atomic mass is 35.5. The number of nitrogens with zero attached hydrogens (tertiary/aromatic N) is 3. The van der Waals surface area contributed by atoms with Gasteiger partial charge in [0.15, 0.2) is 5.75 Å². The summed E-state index contributed by atoms with van der Waals surface area (Å²) in [5.74, 6) is 0.472. The Morgan fingerprint density at radius 2 is 1.87 bits per heavy atom. The number of nitriles is 1. The number of rotatable bonds is 3. The van der Waals surface area contributed by atoms with Crippen LogP contribution in [0.3, 0.4) is 0 Å². The van der Waals surface area contributed by atoms with Crippen LogP contribution in [-0.4, -0.2) is 27.2 Å². The van der Waals surface area contributed by atoms with Gasteiger partial charge in [0, 0.05) is 12.1 Å². The SMILES string of the molecule is Cc1cc(Oc2c(Cl)cc(-n3nc(C#N)c(=O)[nH]c3=O)cc2Cl)cc2c1C(=O)NCC2. The van der Waals surface area contributed by atoms with E-state index in [0.29, 0.717) is 24.3 Å². The third-order valence-electron chi connectivity index (χ3n) is 4.68. The molecule has 2 heterocycles. The molecule has 156 valence electrons. The number of hydrogen-bond acceptors (Lipinski definition) is 6. The molecule has 0 fully saturated rings. The number of nitrogens with one attached hydrogen (secondary N) is 2. The molecule has 4 rings (SSSR count). The van der Waals surface area contributed by atoms with Gasteiger partial charge >= 0.3 is 5.69 Å². The number of benzene rings is 2. The van der Waals surface area contributed by atoms with Gasteiger partial charge in [0.05, 0.1) is 15.7 Å². The zero-order chi connectivity index (χ0) is 22.3. The van der Waals surface area contributed by atoms with Gasteiger partial charge in [0.25, 0.3) is 11.5 Å². The van der Waals surface area contributed by atoms with E-state index >= 15 is 0 Å². The average Bonchev–Trinajstić information content (AvgIpc) is 2.70. The van der Waals surface area contributed by atoms with Crippen molar-refractivity contribution in [1.29, 1.82) is 5.26 Å². The van der Waals surface area contributed by atoms with Crippen molar-refractivity contribution in [1.82, 2.24) is 20.1 Å². The molecule has 3 aromatic rings. The van der Waals surface area contributed by atoms with Gasteiger partial charge in [-0.2, -0.15) is 9.94 Å². The number of aromatic nitrogens is 3. The number of halogens is 2. The van der Waals surface area contributed by atoms with E-state index in [0.717, 1.165) is 15.8 Å². The number of carbonyl (C=O) groups excluding carboxylic acids is 1. The van der Waals surface area contributed by atoms with Gasteiger partial charge in [-0.3, -0.25) is 14.6 Å². The van der Waals surface area contributed by atoms with Gasteiger partial charge in [-0.05, 0) is 48.7 Å². The zero-order valence-electron chi connectivity index (χ0n) is 16.0. The van der Waals surface area contributed by atoms with E-state index in [1.807, 2.05) is 11.9 Å². The summed E-state index contributed by atoms with van der Waals surface area (Å²) in [7, 11) is 0. The zero-order valence-corrected chi connectivity index (χ0v) is 17.5. The molecule has 0 aliphatic carbocycles. The first-order valence-electron chi connectivity index (χ1n) is 9.01. The highest BCUT2D eigenvalue weighted by Gasteiger charge is 2.21. The lowest BCUT2D eigenvalue weighted by atomic mass is 9.95. The molecule has 1 amide bonds. The van der Waals surface area contributed by atoms with Crippen molar-refractivity contribution in [3.8, 4) is 23.3 Å². The van der Waals surface area contributed by atoms with Gasteiger partial charge in [0.1, 0.15) is 11.8 Å². The normalized spacial score (nSPS) is 12.6. The molecule has 2 N–H and O–H groups in total. The lowest BCUT2D eigenvalue weighted by molar-refractivity contribution is 0.0945. The first kappa shape index (κ1) is 20.7. The molecule has 2 aromatic carbocycles. The van der Waals surface area contributed by atoms with E-state index in [2.05, 4.69) is 10.4 Å². The second-order valence-electron chi connectivity index (χ2n) is 6.75. The summed E-state index contributed by atoms with van der Waals surface area (Å²) >= 11 is 12.7. The monoisotopic (exact) mass is 457 g/mol. The number of carbonyl (C=O) groups is 1. The highest BCUT2D eigenvalue weighted by molar-refractivity contribution is 6.37. The maximum absolute atomic E-state index is 12.1. The summed E-state index contributed by atoms with van der Waals surface area (Å²) in [6, 6.07) is 7.81. The van der Waals surface area contributed by atoms with Gasteiger partial charge in [0.2, 0.25) is 5.69 Å². The summed E-state index contributed by atoms with van der Waals surface area (Å²) in [6.07, 6.45) is 0.668. The van der Waals surface area contributed by atoms with Crippen LogP contribution in [-0.2, 0) is 6.42 Å². The van der Waals surface area contributed by atoms with Crippen LogP contribution in [0.15, 0.2) is 33.9 Å². The Morgan fingerprint density at radius 3 is 2.55 bits per heavy atom. The molecule has 1 aliphatic heterocycles. The Bertz CT molecular complexity index is 1380. The van der Waals surface area contributed by atoms with Crippen molar-refractivity contribution in [2.24, 2.45) is 0 Å². The summed E-state index contributed by atoms with van der Waals surface area (Å²) in [5, 5.41) is 15.7. The Morgan fingerprint density at radius 1 is 1.16 bits per heavy atom. The van der Waals surface area contributed by atoms with E-state index in [9.17, 15) is 14.4 Å². The maximum Gasteiger partial charge on any atom is 0.349 e. The van der Waals surface area contributed by atoms with E-state index < -0.39 is 16.9 Å². The van der Waals surface area contributed by atoms with E-state index in [1.165, 1.54) is 12.1 Å². The molecule has 0 unspecified atom stereocenters. The Labute approximate surface area is 184 Å². The molecule has 0 saturated carbocycles. The molecule has 0 spiro atoms. The number of aromatic amines is 1. The Balaban J connectivity index is 1.74. The highest BCUT2D eigenvalue weighted by Crippen LogP contribution is 2.39. The third kappa shape index (κ3) is 3.79. The Kier molecular flexibility index (Phi) is 5.27. The summed E-state index contributed by atoms with van der Waals surface area (Å²) in [6.45, 7) is 2.35. The summed E-state index contributed by atoms with van der Waals surface area (Å²) in [5.41, 5.74) is 0.144. The fraction of sp³-hybridized carbons (Fsp3) is 0.150. The fourth-order valence-electron chi connectivity index (χ4n) is 3.34. The lowest BCUT2D eigenvalue weighted by Crippen LogP contribution is -2.33. The number of ether oxygens (including phenoxy) is 1. The molecule has 0 bridgehead atoms. The fourth-order valence-corrected chi connectivity index (χ4v) is 3.89. The number of hydrogen-bond donors (Lipinski definition) is 2. The molecule has 0 saturated heterocycles. The van der Waals surface area contributed by atoms with E-state index in [1.54, 1.807) is 18.2 Å². The second-order valence-corrected chi connectivity index (χ2v) is 7.57. The molecule has 1 aliphatic rings. The smallest absolute Gasteiger partial charge is 0.349 e. The minimum absolute atomic E-state index is 0.0778. The Hall–Kier alpha value is -3.61. The average molecular weight is 458 g/mol. The number of aryl methyl sites for hydroxylation is 1. The van der Waals surface area contributed by atoms with Crippen LogP contribution >= 0.6 is 23.2 Å². The van der Waals surface area contributed by atoms with Crippen LogP contribution in [0.4, 0.5) is 0 Å². The summed E-state index contributed by atoms with van der Waals surface area (Å²) < 4.78 is 6.70. The van der Waals surface area contributed by atoms with Crippen LogP contribution in [0.2, 0.25) is 10.0 Å². The number of fused-ring (bicyclic) bond motifs is 1. The topological polar surface area (TPSA) is 130 Å². The van der Waals surface area contributed by atoms with Crippen LogP contribution < -0.4 is 21.3 Å².